The van der Waals surface area contributed by atoms with Gasteiger partial charge in [-0.15, -0.1) is 10.2 Å². The first-order chi connectivity index (χ1) is 14.2. The summed E-state index contributed by atoms with van der Waals surface area (Å²) >= 11 is 1.49. The van der Waals surface area contributed by atoms with E-state index in [9.17, 15) is 0 Å². The lowest BCUT2D eigenvalue weighted by Gasteiger charge is -2.12. The van der Waals surface area contributed by atoms with E-state index in [2.05, 4.69) is 50.5 Å². The number of nitrogens with zero attached hydrogens (tertiary/aromatic N) is 5. The molecule has 0 bridgehead atoms. The Kier molecular flexibility index (Phi) is 4.37. The molecule has 0 aliphatic rings. The van der Waals surface area contributed by atoms with Crippen LogP contribution in [0.15, 0.2) is 66.7 Å². The van der Waals surface area contributed by atoms with Crippen molar-refractivity contribution < 1.29 is 4.74 Å². The SMILES string of the molecule is CN(C)c1ccc(-c2nnc3sc(COc4cccc5ccccc45)nn23)cc1. The van der Waals surface area contributed by atoms with Crippen LogP contribution in [0.5, 0.6) is 5.75 Å². The minimum atomic E-state index is 0.390. The molecular formula is C22H19N5OS. The van der Waals surface area contributed by atoms with Gasteiger partial charge in [-0.3, -0.25) is 0 Å². The van der Waals surface area contributed by atoms with Crippen LogP contribution in [0.3, 0.4) is 0 Å². The average molecular weight is 401 g/mol. The summed E-state index contributed by atoms with van der Waals surface area (Å²) in [6.45, 7) is 0.390. The fourth-order valence-electron chi connectivity index (χ4n) is 3.26. The lowest BCUT2D eigenvalue weighted by molar-refractivity contribution is 0.308. The maximum Gasteiger partial charge on any atom is 0.235 e. The first-order valence-corrected chi connectivity index (χ1v) is 10.1. The smallest absolute Gasteiger partial charge is 0.235 e. The van der Waals surface area contributed by atoms with Crippen molar-refractivity contribution in [2.24, 2.45) is 0 Å². The number of benzene rings is 3. The molecule has 5 rings (SSSR count). The van der Waals surface area contributed by atoms with E-state index in [1.165, 1.54) is 11.3 Å². The molecule has 0 atom stereocenters. The summed E-state index contributed by atoms with van der Waals surface area (Å²) in [6.07, 6.45) is 0. The van der Waals surface area contributed by atoms with Gasteiger partial charge in [-0.2, -0.15) is 9.61 Å². The van der Waals surface area contributed by atoms with Crippen molar-refractivity contribution >= 4 is 32.8 Å². The molecule has 2 aromatic heterocycles. The predicted molar refractivity (Wildman–Crippen MR) is 117 cm³/mol. The molecule has 0 aliphatic heterocycles. The number of hydrogen-bond acceptors (Lipinski definition) is 6. The largest absolute Gasteiger partial charge is 0.486 e. The quantitative estimate of drug-likeness (QED) is 0.429. The zero-order valence-electron chi connectivity index (χ0n) is 16.1. The van der Waals surface area contributed by atoms with Crippen LogP contribution in [0.1, 0.15) is 5.01 Å². The monoisotopic (exact) mass is 401 g/mol. The Labute approximate surface area is 172 Å². The van der Waals surface area contributed by atoms with Crippen molar-refractivity contribution in [1.82, 2.24) is 19.8 Å². The third kappa shape index (κ3) is 3.30. The van der Waals surface area contributed by atoms with E-state index >= 15 is 0 Å². The van der Waals surface area contributed by atoms with Crippen molar-refractivity contribution in [3.63, 3.8) is 0 Å². The first-order valence-electron chi connectivity index (χ1n) is 9.28. The molecule has 0 aliphatic carbocycles. The molecule has 144 valence electrons. The zero-order valence-corrected chi connectivity index (χ0v) is 16.9. The highest BCUT2D eigenvalue weighted by molar-refractivity contribution is 7.16. The molecule has 2 heterocycles. The Morgan fingerprint density at radius 1 is 0.931 bits per heavy atom. The van der Waals surface area contributed by atoms with E-state index in [-0.39, 0.29) is 0 Å². The maximum atomic E-state index is 6.07. The van der Waals surface area contributed by atoms with Gasteiger partial charge in [0.05, 0.1) is 0 Å². The molecule has 0 saturated heterocycles. The Balaban J connectivity index is 1.41. The van der Waals surface area contributed by atoms with Crippen LogP contribution in [0.4, 0.5) is 5.69 Å². The second-order valence-corrected chi connectivity index (χ2v) is 7.96. The summed E-state index contributed by atoms with van der Waals surface area (Å²) in [6, 6.07) is 22.5. The van der Waals surface area contributed by atoms with E-state index in [0.717, 1.165) is 43.6 Å². The van der Waals surface area contributed by atoms with Gasteiger partial charge in [0.15, 0.2) is 10.8 Å². The lowest BCUT2D eigenvalue weighted by atomic mass is 10.1. The molecule has 0 N–H and O–H groups in total. The molecule has 0 saturated carbocycles. The van der Waals surface area contributed by atoms with Crippen LogP contribution in [0.25, 0.3) is 27.1 Å². The van der Waals surface area contributed by atoms with Gasteiger partial charge >= 0.3 is 0 Å². The van der Waals surface area contributed by atoms with Gasteiger partial charge in [0.25, 0.3) is 0 Å². The number of ether oxygens (including phenoxy) is 1. The molecule has 0 radical (unpaired) electrons. The van der Waals surface area contributed by atoms with Crippen LogP contribution >= 0.6 is 11.3 Å². The maximum absolute atomic E-state index is 6.07. The average Bonchev–Trinajstić information content (AvgIpc) is 3.32. The van der Waals surface area contributed by atoms with Gasteiger partial charge in [0, 0.05) is 30.7 Å². The molecular weight excluding hydrogens is 382 g/mol. The third-order valence-electron chi connectivity index (χ3n) is 4.78. The normalized spacial score (nSPS) is 11.2. The van der Waals surface area contributed by atoms with Crippen LogP contribution in [-0.4, -0.2) is 33.9 Å². The summed E-state index contributed by atoms with van der Waals surface area (Å²) < 4.78 is 7.86. The van der Waals surface area contributed by atoms with E-state index < -0.39 is 0 Å². The summed E-state index contributed by atoms with van der Waals surface area (Å²) in [7, 11) is 4.04. The molecule has 6 nitrogen and oxygen atoms in total. The van der Waals surface area contributed by atoms with Gasteiger partial charge in [-0.1, -0.05) is 47.7 Å². The predicted octanol–water partition coefficient (Wildman–Crippen LogP) is 4.65. The molecule has 3 aromatic carbocycles. The van der Waals surface area contributed by atoms with Crippen molar-refractivity contribution in [3.8, 4) is 17.1 Å². The Morgan fingerprint density at radius 2 is 1.72 bits per heavy atom. The van der Waals surface area contributed by atoms with Gasteiger partial charge in [0.2, 0.25) is 4.96 Å². The van der Waals surface area contributed by atoms with Crippen LogP contribution in [0.2, 0.25) is 0 Å². The molecule has 0 amide bonds. The van der Waals surface area contributed by atoms with Crippen LogP contribution in [0, 0.1) is 0 Å². The van der Waals surface area contributed by atoms with E-state index in [1.54, 1.807) is 4.52 Å². The van der Waals surface area contributed by atoms with Crippen molar-refractivity contribution in [3.05, 3.63) is 71.7 Å². The van der Waals surface area contributed by atoms with Gasteiger partial charge in [0.1, 0.15) is 12.4 Å². The summed E-state index contributed by atoms with van der Waals surface area (Å²) in [5, 5.41) is 16.4. The van der Waals surface area contributed by atoms with Crippen molar-refractivity contribution in [1.29, 1.82) is 0 Å². The summed E-state index contributed by atoms with van der Waals surface area (Å²) in [5.41, 5.74) is 2.12. The molecule has 29 heavy (non-hydrogen) atoms. The Morgan fingerprint density at radius 3 is 2.55 bits per heavy atom. The Bertz CT molecular complexity index is 1280. The van der Waals surface area contributed by atoms with Crippen molar-refractivity contribution in [2.45, 2.75) is 6.61 Å². The van der Waals surface area contributed by atoms with Gasteiger partial charge < -0.3 is 9.64 Å². The minimum Gasteiger partial charge on any atom is -0.486 e. The fourth-order valence-corrected chi connectivity index (χ4v) is 4.01. The lowest BCUT2D eigenvalue weighted by Crippen LogP contribution is -2.08. The zero-order chi connectivity index (χ0) is 19.8. The second kappa shape index (κ2) is 7.18. The molecule has 0 spiro atoms. The second-order valence-electron chi connectivity index (χ2n) is 6.92. The Hall–Kier alpha value is -3.45. The fraction of sp³-hybridized carbons (Fsp3) is 0.136. The topological polar surface area (TPSA) is 55.5 Å². The standard InChI is InChI=1S/C22H19N5OS/c1-26(2)17-12-10-16(11-13-17)21-23-24-22-27(21)25-20(29-22)14-28-19-9-5-7-15-6-3-4-8-18(15)19/h3-13H,14H2,1-2H3. The van der Waals surface area contributed by atoms with E-state index in [4.69, 9.17) is 4.74 Å². The van der Waals surface area contributed by atoms with Crippen LogP contribution < -0.4 is 9.64 Å². The number of fused-ring (bicyclic) bond motifs is 2. The highest BCUT2D eigenvalue weighted by Gasteiger charge is 2.14. The van der Waals surface area contributed by atoms with E-state index in [1.807, 2.05) is 50.5 Å². The van der Waals surface area contributed by atoms with Gasteiger partial charge in [-0.25, -0.2) is 0 Å². The van der Waals surface area contributed by atoms with Crippen molar-refractivity contribution in [2.75, 3.05) is 19.0 Å². The highest BCUT2D eigenvalue weighted by Crippen LogP contribution is 2.27. The first kappa shape index (κ1) is 17.6. The molecule has 5 aromatic rings. The minimum absolute atomic E-state index is 0.390. The number of hydrogen-bond donors (Lipinski definition) is 0. The third-order valence-corrected chi connectivity index (χ3v) is 5.65. The summed E-state index contributed by atoms with van der Waals surface area (Å²) in [4.78, 5) is 2.82. The highest BCUT2D eigenvalue weighted by atomic mass is 32.1. The number of anilines is 1. The molecule has 0 fully saturated rings. The number of aromatic nitrogens is 4. The number of rotatable bonds is 5. The molecule has 7 heteroatoms. The molecule has 0 unspecified atom stereocenters. The van der Waals surface area contributed by atoms with Crippen LogP contribution in [-0.2, 0) is 6.61 Å². The van der Waals surface area contributed by atoms with Gasteiger partial charge in [-0.05, 0) is 35.7 Å². The van der Waals surface area contributed by atoms with E-state index in [0.29, 0.717) is 6.61 Å². The summed E-state index contributed by atoms with van der Waals surface area (Å²) in [5.74, 6) is 1.59.